The summed E-state index contributed by atoms with van der Waals surface area (Å²) in [6.45, 7) is 4.80. The molecular weight excluding hydrogens is 210 g/mol. The highest BCUT2D eigenvalue weighted by Crippen LogP contribution is 2.42. The molecule has 2 N–H and O–H groups in total. The molecule has 0 heterocycles. The zero-order valence-electron chi connectivity index (χ0n) is 10.7. The molecule has 0 amide bonds. The predicted octanol–water partition coefficient (Wildman–Crippen LogP) is 3.12. The minimum atomic E-state index is -0.251. The summed E-state index contributed by atoms with van der Waals surface area (Å²) in [7, 11) is 0. The molecule has 0 saturated heterocycles. The summed E-state index contributed by atoms with van der Waals surface area (Å²) in [6.07, 6.45) is 3.04. The van der Waals surface area contributed by atoms with Crippen molar-refractivity contribution in [3.63, 3.8) is 0 Å². The van der Waals surface area contributed by atoms with Crippen LogP contribution < -0.4 is 5.73 Å². The van der Waals surface area contributed by atoms with Crippen LogP contribution in [-0.4, -0.2) is 12.3 Å². The second-order valence-corrected chi connectivity index (χ2v) is 5.44. The lowest BCUT2D eigenvalue weighted by atomic mass is 9.64. The number of nitrogens with two attached hydrogens (primary N) is 1. The van der Waals surface area contributed by atoms with Crippen LogP contribution in [0.25, 0.3) is 0 Å². The molecule has 1 fully saturated rings. The molecule has 0 spiro atoms. The van der Waals surface area contributed by atoms with Crippen molar-refractivity contribution < 1.29 is 4.79 Å². The molecule has 1 aromatic rings. The molecule has 1 aliphatic carbocycles. The Kier molecular flexibility index (Phi) is 3.34. The van der Waals surface area contributed by atoms with Gasteiger partial charge in [0.2, 0.25) is 0 Å². The lowest BCUT2D eigenvalue weighted by molar-refractivity contribution is 0.0636. The largest absolute Gasteiger partial charge is 0.329 e. The lowest BCUT2D eigenvalue weighted by Gasteiger charge is -2.39. The molecule has 2 heteroatoms. The zero-order chi connectivity index (χ0) is 12.5. The summed E-state index contributed by atoms with van der Waals surface area (Å²) in [5, 5.41) is 0. The molecule has 92 valence electrons. The third kappa shape index (κ3) is 2.14. The summed E-state index contributed by atoms with van der Waals surface area (Å²) in [5.41, 5.74) is 7.61. The normalized spacial score (nSPS) is 17.9. The molecular formula is C15H21NO. The van der Waals surface area contributed by atoms with Crippen LogP contribution in [0.2, 0.25) is 0 Å². The van der Waals surface area contributed by atoms with Gasteiger partial charge in [-0.1, -0.05) is 44.5 Å². The number of carbonyl (C=O) groups excluding carboxylic acids is 1. The highest BCUT2D eigenvalue weighted by molar-refractivity contribution is 6.01. The van der Waals surface area contributed by atoms with E-state index in [2.05, 4.69) is 26.0 Å². The maximum absolute atomic E-state index is 12.4. The van der Waals surface area contributed by atoms with Gasteiger partial charge in [-0.05, 0) is 24.3 Å². The molecule has 0 bridgehead atoms. The zero-order valence-corrected chi connectivity index (χ0v) is 10.7. The number of carbonyl (C=O) groups is 1. The van der Waals surface area contributed by atoms with Crippen molar-refractivity contribution in [2.45, 2.75) is 39.0 Å². The summed E-state index contributed by atoms with van der Waals surface area (Å²) in [6, 6.07) is 8.02. The van der Waals surface area contributed by atoms with Crippen molar-refractivity contribution in [1.29, 1.82) is 0 Å². The number of rotatable bonds is 4. The quantitative estimate of drug-likeness (QED) is 0.809. The lowest BCUT2D eigenvalue weighted by Crippen LogP contribution is -2.44. The average molecular weight is 231 g/mol. The maximum Gasteiger partial charge on any atom is 0.170 e. The first-order valence-electron chi connectivity index (χ1n) is 6.44. The topological polar surface area (TPSA) is 43.1 Å². The molecule has 1 saturated carbocycles. The van der Waals surface area contributed by atoms with E-state index in [1.807, 2.05) is 12.1 Å². The van der Waals surface area contributed by atoms with Crippen molar-refractivity contribution in [2.75, 3.05) is 6.54 Å². The number of ketones is 1. The first-order valence-corrected chi connectivity index (χ1v) is 6.44. The SMILES string of the molecule is CC(C)c1ccc(C(=O)C2(CN)CCC2)cc1. The van der Waals surface area contributed by atoms with E-state index in [1.54, 1.807) is 0 Å². The van der Waals surface area contributed by atoms with Crippen molar-refractivity contribution in [2.24, 2.45) is 11.1 Å². The Hall–Kier alpha value is -1.15. The molecule has 0 aliphatic heterocycles. The minimum Gasteiger partial charge on any atom is -0.329 e. The van der Waals surface area contributed by atoms with Gasteiger partial charge >= 0.3 is 0 Å². The van der Waals surface area contributed by atoms with Crippen LogP contribution in [0.3, 0.4) is 0 Å². The molecule has 2 rings (SSSR count). The minimum absolute atomic E-state index is 0.238. The van der Waals surface area contributed by atoms with E-state index >= 15 is 0 Å². The fourth-order valence-electron chi connectivity index (χ4n) is 2.45. The number of benzene rings is 1. The molecule has 2 nitrogen and oxygen atoms in total. The Morgan fingerprint density at radius 1 is 1.29 bits per heavy atom. The third-order valence-corrected chi connectivity index (χ3v) is 4.02. The van der Waals surface area contributed by atoms with Gasteiger partial charge in [-0.3, -0.25) is 4.79 Å². The highest BCUT2D eigenvalue weighted by atomic mass is 16.1. The predicted molar refractivity (Wildman–Crippen MR) is 70.2 cm³/mol. The molecule has 0 radical (unpaired) electrons. The molecule has 1 aromatic carbocycles. The maximum atomic E-state index is 12.4. The second kappa shape index (κ2) is 4.61. The van der Waals surface area contributed by atoms with Gasteiger partial charge in [0.25, 0.3) is 0 Å². The van der Waals surface area contributed by atoms with Gasteiger partial charge in [0, 0.05) is 17.5 Å². The average Bonchev–Trinajstić information content (AvgIpc) is 2.28. The fourth-order valence-corrected chi connectivity index (χ4v) is 2.45. The summed E-state index contributed by atoms with van der Waals surface area (Å²) in [4.78, 5) is 12.4. The van der Waals surface area contributed by atoms with E-state index in [0.29, 0.717) is 12.5 Å². The van der Waals surface area contributed by atoms with E-state index in [4.69, 9.17) is 5.73 Å². The van der Waals surface area contributed by atoms with Crippen LogP contribution >= 0.6 is 0 Å². The van der Waals surface area contributed by atoms with Crippen molar-refractivity contribution in [1.82, 2.24) is 0 Å². The van der Waals surface area contributed by atoms with E-state index in [1.165, 1.54) is 5.56 Å². The van der Waals surface area contributed by atoms with Crippen LogP contribution in [0.4, 0.5) is 0 Å². The van der Waals surface area contributed by atoms with Crippen LogP contribution in [0.1, 0.15) is 54.9 Å². The van der Waals surface area contributed by atoms with Gasteiger partial charge < -0.3 is 5.73 Å². The van der Waals surface area contributed by atoms with Crippen LogP contribution in [0, 0.1) is 5.41 Å². The molecule has 0 unspecified atom stereocenters. The van der Waals surface area contributed by atoms with Crippen LogP contribution in [-0.2, 0) is 0 Å². The fraction of sp³-hybridized carbons (Fsp3) is 0.533. The summed E-state index contributed by atoms with van der Waals surface area (Å²) >= 11 is 0. The Morgan fingerprint density at radius 3 is 2.24 bits per heavy atom. The van der Waals surface area contributed by atoms with Gasteiger partial charge in [0.15, 0.2) is 5.78 Å². The molecule has 1 aliphatic rings. The first kappa shape index (κ1) is 12.3. The van der Waals surface area contributed by atoms with Gasteiger partial charge in [-0.2, -0.15) is 0 Å². The van der Waals surface area contributed by atoms with E-state index in [0.717, 1.165) is 24.8 Å². The highest BCUT2D eigenvalue weighted by Gasteiger charge is 2.42. The summed E-state index contributed by atoms with van der Waals surface area (Å²) in [5.74, 6) is 0.743. The van der Waals surface area contributed by atoms with Gasteiger partial charge in [-0.25, -0.2) is 0 Å². The standard InChI is InChI=1S/C15H21NO/c1-11(2)12-4-6-13(7-5-12)14(17)15(10-16)8-3-9-15/h4-7,11H,3,8-10,16H2,1-2H3. The van der Waals surface area contributed by atoms with Gasteiger partial charge in [0.05, 0.1) is 0 Å². The molecule has 17 heavy (non-hydrogen) atoms. The number of hydrogen-bond acceptors (Lipinski definition) is 2. The van der Waals surface area contributed by atoms with E-state index in [9.17, 15) is 4.79 Å². The molecule has 0 atom stereocenters. The Labute approximate surface area is 103 Å². The molecule has 0 aromatic heterocycles. The summed E-state index contributed by atoms with van der Waals surface area (Å²) < 4.78 is 0. The van der Waals surface area contributed by atoms with E-state index < -0.39 is 0 Å². The monoisotopic (exact) mass is 231 g/mol. The number of Topliss-reactive ketones (excluding diaryl/α,β-unsaturated/α-hetero) is 1. The second-order valence-electron chi connectivity index (χ2n) is 5.44. The Bertz CT molecular complexity index is 396. The van der Waals surface area contributed by atoms with Crippen LogP contribution in [0.15, 0.2) is 24.3 Å². The van der Waals surface area contributed by atoms with Crippen molar-refractivity contribution >= 4 is 5.78 Å². The Balaban J connectivity index is 2.20. The van der Waals surface area contributed by atoms with Crippen molar-refractivity contribution in [3.8, 4) is 0 Å². The van der Waals surface area contributed by atoms with Gasteiger partial charge in [0.1, 0.15) is 0 Å². The first-order chi connectivity index (χ1) is 8.09. The third-order valence-electron chi connectivity index (χ3n) is 4.02. The van der Waals surface area contributed by atoms with E-state index in [-0.39, 0.29) is 11.2 Å². The van der Waals surface area contributed by atoms with Crippen molar-refractivity contribution in [3.05, 3.63) is 35.4 Å². The van der Waals surface area contributed by atoms with Crippen LogP contribution in [0.5, 0.6) is 0 Å². The Morgan fingerprint density at radius 2 is 1.88 bits per heavy atom. The van der Waals surface area contributed by atoms with Gasteiger partial charge in [-0.15, -0.1) is 0 Å². The smallest absolute Gasteiger partial charge is 0.170 e. The number of hydrogen-bond donors (Lipinski definition) is 1.